The molecule has 1 aliphatic carbocycles. The third-order valence-electron chi connectivity index (χ3n) is 3.87. The lowest BCUT2D eigenvalue weighted by Gasteiger charge is -2.35. The van der Waals surface area contributed by atoms with Gasteiger partial charge in [-0.2, -0.15) is 0 Å². The van der Waals surface area contributed by atoms with Gasteiger partial charge in [0.2, 0.25) is 0 Å². The molecular formula is C12H20O3. The second kappa shape index (κ2) is 4.33. The van der Waals surface area contributed by atoms with Crippen LogP contribution in [-0.4, -0.2) is 16.9 Å². The molecule has 0 amide bonds. The molecule has 0 aromatic heterocycles. The predicted octanol–water partition coefficient (Wildman–Crippen LogP) is 2.49. The lowest BCUT2D eigenvalue weighted by atomic mass is 9.68. The molecule has 1 fully saturated rings. The maximum atomic E-state index is 11.2. The third kappa shape index (κ3) is 2.58. The van der Waals surface area contributed by atoms with E-state index < -0.39 is 11.4 Å². The van der Waals surface area contributed by atoms with Crippen molar-refractivity contribution in [2.75, 3.05) is 0 Å². The van der Waals surface area contributed by atoms with Gasteiger partial charge in [-0.25, -0.2) is 0 Å². The van der Waals surface area contributed by atoms with Crippen LogP contribution in [0.4, 0.5) is 0 Å². The van der Waals surface area contributed by atoms with Gasteiger partial charge >= 0.3 is 5.97 Å². The predicted molar refractivity (Wildman–Crippen MR) is 57.5 cm³/mol. The van der Waals surface area contributed by atoms with Gasteiger partial charge in [-0.3, -0.25) is 9.59 Å². The van der Waals surface area contributed by atoms with Crippen LogP contribution in [0.15, 0.2) is 0 Å². The lowest BCUT2D eigenvalue weighted by molar-refractivity contribution is -0.151. The molecule has 0 spiro atoms. The second-order valence-corrected chi connectivity index (χ2v) is 5.19. The van der Waals surface area contributed by atoms with Crippen molar-refractivity contribution in [2.24, 2.45) is 17.3 Å². The molecule has 0 heterocycles. The van der Waals surface area contributed by atoms with E-state index in [0.717, 1.165) is 25.7 Å². The fraction of sp³-hybridized carbons (Fsp3) is 0.833. The first kappa shape index (κ1) is 12.2. The molecule has 1 rings (SSSR count). The highest BCUT2D eigenvalue weighted by Gasteiger charge is 2.39. The molecule has 1 N–H and O–H groups in total. The van der Waals surface area contributed by atoms with Gasteiger partial charge in [-0.15, -0.1) is 0 Å². The van der Waals surface area contributed by atoms with Crippen molar-refractivity contribution in [3.8, 4) is 0 Å². The van der Waals surface area contributed by atoms with Crippen LogP contribution in [0.1, 0.15) is 46.5 Å². The molecule has 1 saturated carbocycles. The summed E-state index contributed by atoms with van der Waals surface area (Å²) in [6, 6.07) is 0. The Labute approximate surface area is 90.9 Å². The minimum Gasteiger partial charge on any atom is -0.481 e. The van der Waals surface area contributed by atoms with Crippen molar-refractivity contribution in [2.45, 2.75) is 46.5 Å². The van der Waals surface area contributed by atoms with Crippen LogP contribution in [0, 0.1) is 17.3 Å². The molecule has 0 saturated heterocycles. The molecule has 15 heavy (non-hydrogen) atoms. The first-order valence-electron chi connectivity index (χ1n) is 5.59. The summed E-state index contributed by atoms with van der Waals surface area (Å²) in [5, 5.41) is 9.10. The molecule has 0 bridgehead atoms. The minimum absolute atomic E-state index is 0.172. The van der Waals surface area contributed by atoms with Gasteiger partial charge in [0.1, 0.15) is 5.78 Å². The molecule has 0 aromatic carbocycles. The quantitative estimate of drug-likeness (QED) is 0.782. The van der Waals surface area contributed by atoms with Gasteiger partial charge in [0.25, 0.3) is 0 Å². The number of aliphatic carboxylic acids is 1. The van der Waals surface area contributed by atoms with Crippen LogP contribution in [-0.2, 0) is 9.59 Å². The first-order valence-corrected chi connectivity index (χ1v) is 5.59. The Balaban J connectivity index is 2.57. The summed E-state index contributed by atoms with van der Waals surface area (Å²) >= 11 is 0. The van der Waals surface area contributed by atoms with E-state index in [2.05, 4.69) is 0 Å². The molecule has 3 heteroatoms. The number of carboxylic acid groups (broad SMARTS) is 1. The van der Waals surface area contributed by atoms with Gasteiger partial charge in [-0.1, -0.05) is 0 Å². The van der Waals surface area contributed by atoms with Crippen LogP contribution in [0.5, 0.6) is 0 Å². The number of hydrogen-bond acceptors (Lipinski definition) is 2. The van der Waals surface area contributed by atoms with Crippen molar-refractivity contribution in [1.82, 2.24) is 0 Å². The summed E-state index contributed by atoms with van der Waals surface area (Å²) in [4.78, 5) is 22.2. The number of carboxylic acids is 1. The third-order valence-corrected chi connectivity index (χ3v) is 3.87. The van der Waals surface area contributed by atoms with Gasteiger partial charge in [0.05, 0.1) is 5.41 Å². The van der Waals surface area contributed by atoms with Gasteiger partial charge in [-0.05, 0) is 52.4 Å². The number of carbonyl (C=O) groups is 2. The van der Waals surface area contributed by atoms with Crippen molar-refractivity contribution < 1.29 is 14.7 Å². The zero-order chi connectivity index (χ0) is 11.6. The van der Waals surface area contributed by atoms with E-state index >= 15 is 0 Å². The molecule has 0 unspecified atom stereocenters. The first-order chi connectivity index (χ1) is 6.85. The summed E-state index contributed by atoms with van der Waals surface area (Å²) in [5.41, 5.74) is -0.651. The topological polar surface area (TPSA) is 54.4 Å². The van der Waals surface area contributed by atoms with Crippen molar-refractivity contribution in [3.63, 3.8) is 0 Å². The normalized spacial score (nSPS) is 27.4. The molecule has 0 atom stereocenters. The standard InChI is InChI=1S/C12H20O3/c1-8(13)9-4-6-10(7-5-9)12(2,3)11(14)15/h9-10H,4-7H2,1-3H3,(H,14,15). The van der Waals surface area contributed by atoms with Crippen molar-refractivity contribution in [1.29, 1.82) is 0 Å². The highest BCUT2D eigenvalue weighted by Crippen LogP contribution is 2.40. The Hall–Kier alpha value is -0.860. The van der Waals surface area contributed by atoms with Crippen LogP contribution in [0.3, 0.4) is 0 Å². The van der Waals surface area contributed by atoms with E-state index in [4.69, 9.17) is 5.11 Å². The number of hydrogen-bond donors (Lipinski definition) is 1. The van der Waals surface area contributed by atoms with Crippen LogP contribution in [0.2, 0.25) is 0 Å². The fourth-order valence-corrected chi connectivity index (χ4v) is 2.40. The monoisotopic (exact) mass is 212 g/mol. The molecule has 0 radical (unpaired) electrons. The Kier molecular flexibility index (Phi) is 3.53. The lowest BCUT2D eigenvalue weighted by Crippen LogP contribution is -2.36. The number of ketones is 1. The number of Topliss-reactive ketones (excluding diaryl/α,β-unsaturated/α-hetero) is 1. The van der Waals surface area contributed by atoms with Crippen molar-refractivity contribution in [3.05, 3.63) is 0 Å². The van der Waals surface area contributed by atoms with Gasteiger partial charge in [0, 0.05) is 5.92 Å². The molecule has 86 valence electrons. The Morgan fingerprint density at radius 2 is 1.60 bits per heavy atom. The summed E-state index contributed by atoms with van der Waals surface area (Å²) < 4.78 is 0. The summed E-state index contributed by atoms with van der Waals surface area (Å²) in [5.74, 6) is -0.0909. The highest BCUT2D eigenvalue weighted by atomic mass is 16.4. The zero-order valence-electron chi connectivity index (χ0n) is 9.75. The molecule has 3 nitrogen and oxygen atoms in total. The summed E-state index contributed by atoms with van der Waals surface area (Å²) in [7, 11) is 0. The number of carbonyl (C=O) groups excluding carboxylic acids is 1. The highest BCUT2D eigenvalue weighted by molar-refractivity contribution is 5.78. The largest absolute Gasteiger partial charge is 0.481 e. The average Bonchev–Trinajstić information content (AvgIpc) is 2.17. The van der Waals surface area contributed by atoms with Crippen LogP contribution in [0.25, 0.3) is 0 Å². The van der Waals surface area contributed by atoms with E-state index in [9.17, 15) is 9.59 Å². The second-order valence-electron chi connectivity index (χ2n) is 5.19. The minimum atomic E-state index is -0.728. The van der Waals surface area contributed by atoms with E-state index in [1.807, 2.05) is 0 Å². The Morgan fingerprint density at radius 1 is 1.13 bits per heavy atom. The molecule has 0 aromatic rings. The van der Waals surface area contributed by atoms with E-state index in [1.165, 1.54) is 0 Å². The summed E-state index contributed by atoms with van der Waals surface area (Å²) in [6.07, 6.45) is 3.44. The maximum absolute atomic E-state index is 11.2. The van der Waals surface area contributed by atoms with E-state index in [-0.39, 0.29) is 17.6 Å². The average molecular weight is 212 g/mol. The fourth-order valence-electron chi connectivity index (χ4n) is 2.40. The van der Waals surface area contributed by atoms with Crippen LogP contribution >= 0.6 is 0 Å². The number of rotatable bonds is 3. The van der Waals surface area contributed by atoms with Crippen LogP contribution < -0.4 is 0 Å². The zero-order valence-corrected chi connectivity index (χ0v) is 9.75. The van der Waals surface area contributed by atoms with E-state index in [0.29, 0.717) is 0 Å². The van der Waals surface area contributed by atoms with Gasteiger partial charge in [0.15, 0.2) is 0 Å². The SMILES string of the molecule is CC(=O)C1CCC(C(C)(C)C(=O)O)CC1. The van der Waals surface area contributed by atoms with Crippen molar-refractivity contribution >= 4 is 11.8 Å². The Bertz CT molecular complexity index is 260. The smallest absolute Gasteiger partial charge is 0.309 e. The Morgan fingerprint density at radius 3 is 1.93 bits per heavy atom. The molecular weight excluding hydrogens is 192 g/mol. The maximum Gasteiger partial charge on any atom is 0.309 e. The van der Waals surface area contributed by atoms with E-state index in [1.54, 1.807) is 20.8 Å². The summed E-state index contributed by atoms with van der Waals surface area (Å²) in [6.45, 7) is 5.20. The molecule has 1 aliphatic rings. The van der Waals surface area contributed by atoms with Gasteiger partial charge < -0.3 is 5.11 Å². The molecule has 0 aliphatic heterocycles.